The number of rotatable bonds is 3. The monoisotopic (exact) mass is 305 g/mol. The lowest BCUT2D eigenvalue weighted by molar-refractivity contribution is 0.0512. The molecule has 1 N–H and O–H groups in total. The Morgan fingerprint density at radius 2 is 1.95 bits per heavy atom. The SMILES string of the molecule is CCc1cnc(C)nc1N1C[C@H](O)[C@@H](N2CCN(C)CC2)C1. The van der Waals surface area contributed by atoms with E-state index in [1.54, 1.807) is 0 Å². The number of anilines is 1. The number of likely N-dealkylation sites (N-methyl/N-ethyl adjacent to an activating group) is 1. The first-order valence-electron chi connectivity index (χ1n) is 8.26. The van der Waals surface area contributed by atoms with Gasteiger partial charge < -0.3 is 14.9 Å². The molecule has 0 saturated carbocycles. The Morgan fingerprint density at radius 3 is 2.64 bits per heavy atom. The van der Waals surface area contributed by atoms with E-state index in [4.69, 9.17) is 0 Å². The van der Waals surface area contributed by atoms with Crippen LogP contribution in [0, 0.1) is 6.92 Å². The Bertz CT molecular complexity index is 515. The van der Waals surface area contributed by atoms with Crippen LogP contribution in [0.3, 0.4) is 0 Å². The van der Waals surface area contributed by atoms with Gasteiger partial charge in [-0.05, 0) is 20.4 Å². The van der Waals surface area contributed by atoms with Gasteiger partial charge in [-0.2, -0.15) is 0 Å². The molecule has 2 saturated heterocycles. The van der Waals surface area contributed by atoms with Crippen molar-refractivity contribution in [3.05, 3.63) is 17.6 Å². The van der Waals surface area contributed by atoms with Crippen LogP contribution in [-0.4, -0.2) is 83.3 Å². The molecule has 2 aliphatic rings. The van der Waals surface area contributed by atoms with Crippen LogP contribution in [0.4, 0.5) is 5.82 Å². The van der Waals surface area contributed by atoms with Gasteiger partial charge in [-0.15, -0.1) is 0 Å². The third kappa shape index (κ3) is 3.09. The number of nitrogens with zero attached hydrogens (tertiary/aromatic N) is 5. The van der Waals surface area contributed by atoms with Crippen molar-refractivity contribution in [2.24, 2.45) is 0 Å². The van der Waals surface area contributed by atoms with Gasteiger partial charge in [0.2, 0.25) is 0 Å². The van der Waals surface area contributed by atoms with Gasteiger partial charge in [-0.1, -0.05) is 6.92 Å². The summed E-state index contributed by atoms with van der Waals surface area (Å²) in [7, 11) is 2.16. The second-order valence-corrected chi connectivity index (χ2v) is 6.50. The minimum Gasteiger partial charge on any atom is -0.390 e. The van der Waals surface area contributed by atoms with Crippen LogP contribution in [0.25, 0.3) is 0 Å². The molecular formula is C16H27N5O. The zero-order valence-corrected chi connectivity index (χ0v) is 13.9. The van der Waals surface area contributed by atoms with Crippen LogP contribution in [0.15, 0.2) is 6.20 Å². The van der Waals surface area contributed by atoms with Crippen LogP contribution in [0.1, 0.15) is 18.3 Å². The summed E-state index contributed by atoms with van der Waals surface area (Å²) in [6.45, 7) is 9.81. The van der Waals surface area contributed by atoms with Crippen molar-refractivity contribution < 1.29 is 5.11 Å². The van der Waals surface area contributed by atoms with Gasteiger partial charge in [0.25, 0.3) is 0 Å². The second-order valence-electron chi connectivity index (χ2n) is 6.50. The summed E-state index contributed by atoms with van der Waals surface area (Å²) in [5.41, 5.74) is 1.16. The van der Waals surface area contributed by atoms with E-state index in [0.29, 0.717) is 6.54 Å². The van der Waals surface area contributed by atoms with Gasteiger partial charge in [0.15, 0.2) is 0 Å². The number of hydrogen-bond acceptors (Lipinski definition) is 6. The van der Waals surface area contributed by atoms with E-state index in [1.807, 2.05) is 13.1 Å². The number of aryl methyl sites for hydroxylation is 2. The predicted octanol–water partition coefficient (Wildman–Crippen LogP) is 0.144. The zero-order valence-electron chi connectivity index (χ0n) is 13.9. The van der Waals surface area contributed by atoms with E-state index in [1.165, 1.54) is 0 Å². The van der Waals surface area contributed by atoms with E-state index >= 15 is 0 Å². The van der Waals surface area contributed by atoms with Crippen molar-refractivity contribution in [3.63, 3.8) is 0 Å². The van der Waals surface area contributed by atoms with Gasteiger partial charge in [0, 0.05) is 51.0 Å². The first-order valence-corrected chi connectivity index (χ1v) is 8.26. The molecule has 1 aromatic heterocycles. The third-order valence-corrected chi connectivity index (χ3v) is 4.91. The van der Waals surface area contributed by atoms with Crippen molar-refractivity contribution in [2.75, 3.05) is 51.2 Å². The second kappa shape index (κ2) is 6.48. The lowest BCUT2D eigenvalue weighted by atomic mass is 10.1. The maximum absolute atomic E-state index is 10.5. The normalized spacial score (nSPS) is 27.5. The molecule has 0 radical (unpaired) electrons. The van der Waals surface area contributed by atoms with Crippen LogP contribution in [0.5, 0.6) is 0 Å². The van der Waals surface area contributed by atoms with Crippen molar-refractivity contribution in [1.82, 2.24) is 19.8 Å². The fraction of sp³-hybridized carbons (Fsp3) is 0.750. The first kappa shape index (κ1) is 15.6. The smallest absolute Gasteiger partial charge is 0.135 e. The van der Waals surface area contributed by atoms with Crippen LogP contribution < -0.4 is 4.90 Å². The van der Waals surface area contributed by atoms with Crippen molar-refractivity contribution in [1.29, 1.82) is 0 Å². The summed E-state index contributed by atoms with van der Waals surface area (Å²) in [6, 6.07) is 0.216. The fourth-order valence-electron chi connectivity index (χ4n) is 3.46. The van der Waals surface area contributed by atoms with Crippen LogP contribution in [-0.2, 0) is 6.42 Å². The molecule has 6 nitrogen and oxygen atoms in total. The summed E-state index contributed by atoms with van der Waals surface area (Å²) in [5.74, 6) is 1.80. The molecule has 0 bridgehead atoms. The van der Waals surface area contributed by atoms with E-state index in [-0.39, 0.29) is 12.1 Å². The van der Waals surface area contributed by atoms with E-state index < -0.39 is 0 Å². The Kier molecular flexibility index (Phi) is 4.61. The molecule has 3 heterocycles. The number of piperazine rings is 1. The minimum atomic E-state index is -0.302. The molecular weight excluding hydrogens is 278 g/mol. The molecule has 1 aromatic rings. The van der Waals surface area contributed by atoms with Gasteiger partial charge in [-0.3, -0.25) is 4.90 Å². The highest BCUT2D eigenvalue weighted by molar-refractivity contribution is 5.48. The minimum absolute atomic E-state index is 0.216. The number of aliphatic hydroxyl groups is 1. The number of aromatic nitrogens is 2. The van der Waals surface area contributed by atoms with Crippen molar-refractivity contribution in [2.45, 2.75) is 32.4 Å². The third-order valence-electron chi connectivity index (χ3n) is 4.91. The fourth-order valence-corrected chi connectivity index (χ4v) is 3.46. The topological polar surface area (TPSA) is 55.7 Å². The largest absolute Gasteiger partial charge is 0.390 e. The number of β-amino-alcohol motifs (C(OH)–C–C–N with tert-alkyl or cyclic N) is 1. The molecule has 122 valence electrons. The van der Waals surface area contributed by atoms with Crippen molar-refractivity contribution >= 4 is 5.82 Å². The standard InChI is InChI=1S/C16H27N5O/c1-4-13-9-17-12(2)18-16(13)21-10-14(15(22)11-21)20-7-5-19(3)6-8-20/h9,14-15,22H,4-8,10-11H2,1-3H3/t14-,15-/m0/s1. The average molecular weight is 305 g/mol. The summed E-state index contributed by atoms with van der Waals surface area (Å²) in [5, 5.41) is 10.5. The van der Waals surface area contributed by atoms with E-state index in [2.05, 4.69) is 38.6 Å². The molecule has 2 fully saturated rings. The highest BCUT2D eigenvalue weighted by Gasteiger charge is 2.37. The van der Waals surface area contributed by atoms with Gasteiger partial charge in [0.1, 0.15) is 11.6 Å². The Morgan fingerprint density at radius 1 is 1.23 bits per heavy atom. The number of hydrogen-bond donors (Lipinski definition) is 1. The molecule has 0 spiro atoms. The van der Waals surface area contributed by atoms with Gasteiger partial charge in [-0.25, -0.2) is 9.97 Å². The first-order chi connectivity index (χ1) is 10.6. The lowest BCUT2D eigenvalue weighted by Crippen LogP contribution is -2.52. The summed E-state index contributed by atoms with van der Waals surface area (Å²) < 4.78 is 0. The Balaban J connectivity index is 1.74. The molecule has 6 heteroatoms. The zero-order chi connectivity index (χ0) is 15.7. The number of aliphatic hydroxyl groups excluding tert-OH is 1. The maximum Gasteiger partial charge on any atom is 0.135 e. The molecule has 2 aliphatic heterocycles. The molecule has 2 atom stereocenters. The van der Waals surface area contributed by atoms with E-state index in [0.717, 1.165) is 56.4 Å². The van der Waals surface area contributed by atoms with Crippen LogP contribution >= 0.6 is 0 Å². The molecule has 22 heavy (non-hydrogen) atoms. The predicted molar refractivity (Wildman–Crippen MR) is 87.2 cm³/mol. The summed E-state index contributed by atoms with van der Waals surface area (Å²) in [6.07, 6.45) is 2.54. The molecule has 0 aromatic carbocycles. The molecule has 0 unspecified atom stereocenters. The summed E-state index contributed by atoms with van der Waals surface area (Å²) >= 11 is 0. The lowest BCUT2D eigenvalue weighted by Gasteiger charge is -2.37. The Hall–Kier alpha value is -1.24. The summed E-state index contributed by atoms with van der Waals surface area (Å²) in [4.78, 5) is 15.9. The van der Waals surface area contributed by atoms with Crippen LogP contribution in [0.2, 0.25) is 0 Å². The van der Waals surface area contributed by atoms with Gasteiger partial charge >= 0.3 is 0 Å². The maximum atomic E-state index is 10.5. The average Bonchev–Trinajstić information content (AvgIpc) is 2.90. The molecule has 3 rings (SSSR count). The highest BCUT2D eigenvalue weighted by atomic mass is 16.3. The Labute approximate surface area is 132 Å². The van der Waals surface area contributed by atoms with Crippen molar-refractivity contribution in [3.8, 4) is 0 Å². The van der Waals surface area contributed by atoms with E-state index in [9.17, 15) is 5.11 Å². The van der Waals surface area contributed by atoms with Gasteiger partial charge in [0.05, 0.1) is 12.1 Å². The highest BCUT2D eigenvalue weighted by Crippen LogP contribution is 2.25. The molecule has 0 amide bonds. The molecule has 0 aliphatic carbocycles. The quantitative estimate of drug-likeness (QED) is 0.858.